The van der Waals surface area contributed by atoms with Crippen molar-refractivity contribution in [3.05, 3.63) is 81.3 Å². The summed E-state index contributed by atoms with van der Waals surface area (Å²) in [4.78, 5) is 20.0. The van der Waals surface area contributed by atoms with Crippen molar-refractivity contribution in [2.45, 2.75) is 40.7 Å². The molecule has 0 spiro atoms. The largest absolute Gasteiger partial charge is 0.467 e. The first-order valence-corrected chi connectivity index (χ1v) is 11.0. The van der Waals surface area contributed by atoms with Gasteiger partial charge in [-0.2, -0.15) is 0 Å². The molecule has 0 fully saturated rings. The van der Waals surface area contributed by atoms with Gasteiger partial charge in [-0.1, -0.05) is 40.6 Å². The first-order valence-electron chi connectivity index (χ1n) is 9.78. The Morgan fingerprint density at radius 2 is 1.83 bits per heavy atom. The van der Waals surface area contributed by atoms with Gasteiger partial charge < -0.3 is 4.42 Å². The van der Waals surface area contributed by atoms with Crippen LogP contribution in [0.2, 0.25) is 5.02 Å². The SMILES string of the molecule is Cc1cc(C)c(CC(=O)N(Cc2ccco2)c2nc3c(C)cc(Cl)cc3s2)c(C)c1. The Hall–Kier alpha value is -2.63. The quantitative estimate of drug-likeness (QED) is 0.354. The van der Waals surface area contributed by atoms with Crippen LogP contribution in [0.15, 0.2) is 47.1 Å². The number of anilines is 1. The summed E-state index contributed by atoms with van der Waals surface area (Å²) in [6.07, 6.45) is 1.93. The number of hydrogen-bond donors (Lipinski definition) is 0. The number of hydrogen-bond acceptors (Lipinski definition) is 4. The molecule has 4 rings (SSSR count). The van der Waals surface area contributed by atoms with Gasteiger partial charge in [0.05, 0.1) is 29.4 Å². The molecule has 0 aliphatic rings. The molecule has 2 aromatic heterocycles. The Balaban J connectivity index is 1.73. The van der Waals surface area contributed by atoms with Crippen molar-refractivity contribution in [2.24, 2.45) is 0 Å². The molecule has 4 nitrogen and oxygen atoms in total. The van der Waals surface area contributed by atoms with Crippen molar-refractivity contribution in [1.29, 1.82) is 0 Å². The number of benzene rings is 2. The second-order valence-electron chi connectivity index (χ2n) is 7.68. The Bertz CT molecular complexity index is 1200. The lowest BCUT2D eigenvalue weighted by Crippen LogP contribution is -2.32. The summed E-state index contributed by atoms with van der Waals surface area (Å²) in [6, 6.07) is 11.7. The van der Waals surface area contributed by atoms with E-state index in [1.165, 1.54) is 16.9 Å². The summed E-state index contributed by atoms with van der Waals surface area (Å²) < 4.78 is 6.50. The standard InChI is InChI=1S/C24H23ClN2O2S/c1-14-8-15(2)20(16(3)9-14)12-22(28)27(13-19-6-5-7-29-19)24-26-23-17(4)10-18(25)11-21(23)30-24/h5-11H,12-13H2,1-4H3. The van der Waals surface area contributed by atoms with Gasteiger partial charge in [0.2, 0.25) is 5.91 Å². The molecular formula is C24H23ClN2O2S. The molecule has 0 bridgehead atoms. The molecule has 0 saturated carbocycles. The van der Waals surface area contributed by atoms with Gasteiger partial charge in [0.15, 0.2) is 5.13 Å². The molecule has 6 heteroatoms. The number of aromatic nitrogens is 1. The van der Waals surface area contributed by atoms with E-state index in [-0.39, 0.29) is 5.91 Å². The molecule has 0 unspecified atom stereocenters. The van der Waals surface area contributed by atoms with E-state index in [0.717, 1.165) is 38.2 Å². The van der Waals surface area contributed by atoms with E-state index in [1.54, 1.807) is 11.2 Å². The average Bonchev–Trinajstić information content (AvgIpc) is 3.32. The van der Waals surface area contributed by atoms with E-state index in [2.05, 4.69) is 32.9 Å². The molecule has 30 heavy (non-hydrogen) atoms. The molecular weight excluding hydrogens is 416 g/mol. The number of carbonyl (C=O) groups is 1. The first-order chi connectivity index (χ1) is 14.3. The van der Waals surface area contributed by atoms with Crippen molar-refractivity contribution >= 4 is 44.2 Å². The number of furan rings is 1. The van der Waals surface area contributed by atoms with E-state index in [4.69, 9.17) is 21.0 Å². The van der Waals surface area contributed by atoms with Gasteiger partial charge in [0.25, 0.3) is 0 Å². The number of amides is 1. The van der Waals surface area contributed by atoms with Crippen molar-refractivity contribution in [2.75, 3.05) is 4.90 Å². The lowest BCUT2D eigenvalue weighted by molar-refractivity contribution is -0.118. The van der Waals surface area contributed by atoms with E-state index in [0.29, 0.717) is 23.1 Å². The zero-order chi connectivity index (χ0) is 21.4. The highest BCUT2D eigenvalue weighted by Crippen LogP contribution is 2.34. The van der Waals surface area contributed by atoms with Gasteiger partial charge >= 0.3 is 0 Å². The van der Waals surface area contributed by atoms with Crippen LogP contribution in [0.3, 0.4) is 0 Å². The van der Waals surface area contributed by atoms with Crippen LogP contribution in [-0.4, -0.2) is 10.9 Å². The molecule has 0 saturated heterocycles. The number of halogens is 1. The van der Waals surface area contributed by atoms with Crippen LogP contribution >= 0.6 is 22.9 Å². The second kappa shape index (κ2) is 8.25. The molecule has 0 N–H and O–H groups in total. The highest BCUT2D eigenvalue weighted by Gasteiger charge is 2.23. The minimum absolute atomic E-state index is 0.00995. The van der Waals surface area contributed by atoms with Crippen LogP contribution in [0.25, 0.3) is 10.2 Å². The Morgan fingerprint density at radius 1 is 1.10 bits per heavy atom. The zero-order valence-electron chi connectivity index (χ0n) is 17.5. The minimum atomic E-state index is -0.00995. The fourth-order valence-electron chi connectivity index (χ4n) is 3.81. The van der Waals surface area contributed by atoms with Gasteiger partial charge in [-0.05, 0) is 74.2 Å². The summed E-state index contributed by atoms with van der Waals surface area (Å²) >= 11 is 7.70. The average molecular weight is 439 g/mol. The monoisotopic (exact) mass is 438 g/mol. The molecule has 0 aliphatic carbocycles. The molecule has 2 aromatic carbocycles. The summed E-state index contributed by atoms with van der Waals surface area (Å²) in [6.45, 7) is 8.51. The molecule has 0 aliphatic heterocycles. The smallest absolute Gasteiger partial charge is 0.233 e. The lowest BCUT2D eigenvalue weighted by atomic mass is 9.97. The van der Waals surface area contributed by atoms with Crippen molar-refractivity contribution in [3.63, 3.8) is 0 Å². The number of carbonyl (C=O) groups excluding carboxylic acids is 1. The van der Waals surface area contributed by atoms with Crippen molar-refractivity contribution < 1.29 is 9.21 Å². The van der Waals surface area contributed by atoms with Gasteiger partial charge in [0, 0.05) is 5.02 Å². The van der Waals surface area contributed by atoms with Crippen LogP contribution in [0.4, 0.5) is 5.13 Å². The molecule has 1 amide bonds. The predicted molar refractivity (Wildman–Crippen MR) is 124 cm³/mol. The molecule has 4 aromatic rings. The normalized spacial score (nSPS) is 11.2. The summed E-state index contributed by atoms with van der Waals surface area (Å²) in [5.74, 6) is 0.707. The maximum absolute atomic E-state index is 13.5. The van der Waals surface area contributed by atoms with Crippen LogP contribution < -0.4 is 4.90 Å². The summed E-state index contributed by atoms with van der Waals surface area (Å²) in [5, 5.41) is 1.32. The van der Waals surface area contributed by atoms with E-state index in [9.17, 15) is 4.79 Å². The highest BCUT2D eigenvalue weighted by molar-refractivity contribution is 7.22. The number of aryl methyl sites for hydroxylation is 4. The van der Waals surface area contributed by atoms with Gasteiger partial charge in [0.1, 0.15) is 5.76 Å². The Labute approximate surface area is 185 Å². The maximum Gasteiger partial charge on any atom is 0.233 e. The maximum atomic E-state index is 13.5. The second-order valence-corrected chi connectivity index (χ2v) is 9.12. The topological polar surface area (TPSA) is 46.3 Å². The molecule has 0 atom stereocenters. The van der Waals surface area contributed by atoms with Crippen LogP contribution in [0.1, 0.15) is 33.6 Å². The first kappa shape index (κ1) is 20.6. The van der Waals surface area contributed by atoms with Crippen molar-refractivity contribution in [3.8, 4) is 0 Å². The third kappa shape index (κ3) is 4.13. The van der Waals surface area contributed by atoms with Crippen LogP contribution in [0.5, 0.6) is 0 Å². The lowest BCUT2D eigenvalue weighted by Gasteiger charge is -2.20. The van der Waals surface area contributed by atoms with Crippen molar-refractivity contribution in [1.82, 2.24) is 4.98 Å². The number of nitrogens with zero attached hydrogens (tertiary/aromatic N) is 2. The fraction of sp³-hybridized carbons (Fsp3) is 0.250. The third-order valence-corrected chi connectivity index (χ3v) is 6.48. The molecule has 2 heterocycles. The number of rotatable bonds is 5. The Kier molecular flexibility index (Phi) is 5.67. The Morgan fingerprint density at radius 3 is 2.50 bits per heavy atom. The number of fused-ring (bicyclic) bond motifs is 1. The minimum Gasteiger partial charge on any atom is -0.467 e. The van der Waals surface area contributed by atoms with Gasteiger partial charge in [-0.15, -0.1) is 0 Å². The van der Waals surface area contributed by atoms with Crippen LogP contribution in [0, 0.1) is 27.7 Å². The van der Waals surface area contributed by atoms with E-state index >= 15 is 0 Å². The van der Waals surface area contributed by atoms with Crippen LogP contribution in [-0.2, 0) is 17.8 Å². The number of thiazole rings is 1. The third-order valence-electron chi connectivity index (χ3n) is 5.23. The summed E-state index contributed by atoms with van der Waals surface area (Å²) in [7, 11) is 0. The van der Waals surface area contributed by atoms with E-state index in [1.807, 2.05) is 31.2 Å². The molecule has 154 valence electrons. The summed E-state index contributed by atoms with van der Waals surface area (Å²) in [5.41, 5.74) is 6.40. The predicted octanol–water partition coefficient (Wildman–Crippen LogP) is 6.55. The highest BCUT2D eigenvalue weighted by atomic mass is 35.5. The zero-order valence-corrected chi connectivity index (χ0v) is 19.0. The van der Waals surface area contributed by atoms with Gasteiger partial charge in [-0.25, -0.2) is 4.98 Å². The fourth-order valence-corrected chi connectivity index (χ4v) is 5.25. The van der Waals surface area contributed by atoms with Gasteiger partial charge in [-0.3, -0.25) is 9.69 Å². The van der Waals surface area contributed by atoms with E-state index < -0.39 is 0 Å². The molecule has 0 radical (unpaired) electrons.